The Morgan fingerprint density at radius 2 is 1.94 bits per heavy atom. The van der Waals surface area contributed by atoms with Crippen LogP contribution >= 0.6 is 0 Å². The lowest BCUT2D eigenvalue weighted by Gasteiger charge is -2.11. The maximum absolute atomic E-state index is 11.8. The second kappa shape index (κ2) is 5.16. The van der Waals surface area contributed by atoms with Gasteiger partial charge in [-0.1, -0.05) is 18.2 Å². The smallest absolute Gasteiger partial charge is 0.315 e. The topological polar surface area (TPSA) is 60.4 Å². The van der Waals surface area contributed by atoms with Crippen LogP contribution in [0.3, 0.4) is 0 Å². The molecule has 0 fully saturated rings. The van der Waals surface area contributed by atoms with E-state index in [9.17, 15) is 13.2 Å². The first kappa shape index (κ1) is 12.8. The van der Waals surface area contributed by atoms with Gasteiger partial charge in [-0.2, -0.15) is 0 Å². The number of carbonyl (C=O) groups is 1. The first-order valence-electron chi connectivity index (χ1n) is 4.71. The monoisotopic (exact) mass is 238 g/mol. The summed E-state index contributed by atoms with van der Waals surface area (Å²) in [6.07, 6.45) is 0. The van der Waals surface area contributed by atoms with Crippen LogP contribution in [0.25, 0.3) is 0 Å². The lowest BCUT2D eigenvalue weighted by Crippen LogP contribution is -2.32. The Morgan fingerprint density at radius 1 is 1.38 bits per heavy atom. The zero-order valence-corrected chi connectivity index (χ0v) is 9.61. The summed E-state index contributed by atoms with van der Waals surface area (Å²) >= 11 is 0. The molecule has 4 nitrogen and oxygen atoms in total. The fourth-order valence-corrected chi connectivity index (χ4v) is 2.26. The van der Waals surface area contributed by atoms with Crippen LogP contribution in [-0.4, -0.2) is 34.0 Å². The number of ether oxygens (including phenoxy) is 1. The second-order valence-electron chi connectivity index (χ2n) is 3.03. The first-order chi connectivity index (χ1) is 7.50. The van der Waals surface area contributed by atoms with Crippen LogP contribution in [0.15, 0.2) is 35.2 Å². The van der Waals surface area contributed by atoms with Crippen LogP contribution in [0.4, 0.5) is 0 Å². The Balaban J connectivity index is 2.99. The van der Waals surface area contributed by atoms with E-state index in [2.05, 4.69) is 4.74 Å². The van der Waals surface area contributed by atoms with Crippen molar-refractivity contribution in [2.24, 2.45) is 0 Å². The van der Waals surface area contributed by atoms with Crippen LogP contribution in [0, 0.1) is 0 Å². The number of hydrogen-bond donors (Lipinski definition) is 0. The maximum atomic E-state index is 11.8. The molecule has 0 amide bonds. The van der Waals surface area contributed by atoms with Crippen LogP contribution in [0.5, 0.6) is 0 Å². The van der Waals surface area contributed by atoms with Crippen molar-refractivity contribution in [2.45, 2.75) is 17.0 Å². The Hall–Kier alpha value is -1.30. The number of carbonyl (C=O) groups excluding carboxylic acids is 1. The van der Waals surface area contributed by atoms with Crippen molar-refractivity contribution in [2.75, 3.05) is 6.61 Å². The summed E-state index contributed by atoms with van der Waals surface area (Å²) in [5.74, 6) is -0.939. The predicted octanol–water partition coefficient (Wildman–Crippen LogP) is 0.518. The molecule has 6 heteroatoms. The molecule has 1 aromatic rings. The summed E-state index contributed by atoms with van der Waals surface area (Å²) in [5, 5.41) is -1.67. The van der Waals surface area contributed by atoms with E-state index in [4.69, 9.17) is 7.85 Å². The van der Waals surface area contributed by atoms with Gasteiger partial charge < -0.3 is 4.74 Å². The average molecular weight is 238 g/mol. The summed E-state index contributed by atoms with van der Waals surface area (Å²) in [7, 11) is 1.49. The Labute approximate surface area is 95.9 Å². The molecule has 1 unspecified atom stereocenters. The molecule has 0 heterocycles. The third-order valence-corrected chi connectivity index (χ3v) is 3.72. The SMILES string of the molecule is [B]C(C(=O)OCC)S(=O)(=O)c1ccccc1. The van der Waals surface area contributed by atoms with Gasteiger partial charge >= 0.3 is 5.97 Å². The minimum Gasteiger partial charge on any atom is -0.466 e. The standard InChI is InChI=1S/C10H11BO4S/c1-2-15-10(12)9(11)16(13,14)8-6-4-3-5-7-8/h3-7,9H,2H2,1H3. The van der Waals surface area contributed by atoms with E-state index in [-0.39, 0.29) is 11.5 Å². The Bertz CT molecular complexity index is 455. The van der Waals surface area contributed by atoms with E-state index in [1.54, 1.807) is 25.1 Å². The molecule has 0 saturated heterocycles. The number of sulfone groups is 1. The van der Waals surface area contributed by atoms with E-state index in [0.717, 1.165) is 0 Å². The largest absolute Gasteiger partial charge is 0.466 e. The molecular weight excluding hydrogens is 227 g/mol. The highest BCUT2D eigenvalue weighted by Crippen LogP contribution is 2.14. The molecule has 0 aliphatic rings. The van der Waals surface area contributed by atoms with Crippen molar-refractivity contribution in [3.8, 4) is 0 Å². The van der Waals surface area contributed by atoms with Gasteiger partial charge in [0.2, 0.25) is 0 Å². The molecule has 0 aromatic heterocycles. The summed E-state index contributed by atoms with van der Waals surface area (Å²) in [6.45, 7) is 1.68. The highest BCUT2D eigenvalue weighted by molar-refractivity contribution is 7.94. The van der Waals surface area contributed by atoms with Crippen molar-refractivity contribution >= 4 is 23.7 Å². The molecule has 0 aliphatic heterocycles. The van der Waals surface area contributed by atoms with Gasteiger partial charge in [-0.15, -0.1) is 0 Å². The predicted molar refractivity (Wildman–Crippen MR) is 59.8 cm³/mol. The van der Waals surface area contributed by atoms with Gasteiger partial charge in [0.15, 0.2) is 9.84 Å². The number of esters is 1. The van der Waals surface area contributed by atoms with E-state index >= 15 is 0 Å². The van der Waals surface area contributed by atoms with E-state index < -0.39 is 21.0 Å². The van der Waals surface area contributed by atoms with Gasteiger partial charge in [-0.3, -0.25) is 4.79 Å². The van der Waals surface area contributed by atoms with E-state index in [0.29, 0.717) is 0 Å². The van der Waals surface area contributed by atoms with E-state index in [1.165, 1.54) is 12.1 Å². The van der Waals surface area contributed by atoms with Crippen molar-refractivity contribution in [3.63, 3.8) is 0 Å². The third-order valence-electron chi connectivity index (χ3n) is 1.92. The lowest BCUT2D eigenvalue weighted by molar-refractivity contribution is -0.140. The van der Waals surface area contributed by atoms with Gasteiger partial charge in [-0.25, -0.2) is 8.42 Å². The van der Waals surface area contributed by atoms with Crippen LogP contribution in [-0.2, 0) is 19.4 Å². The molecule has 0 spiro atoms. The van der Waals surface area contributed by atoms with Crippen molar-refractivity contribution in [1.29, 1.82) is 0 Å². The summed E-state index contributed by atoms with van der Waals surface area (Å²) in [4.78, 5) is 11.2. The fourth-order valence-electron chi connectivity index (χ4n) is 1.11. The zero-order valence-electron chi connectivity index (χ0n) is 8.79. The quantitative estimate of drug-likeness (QED) is 0.566. The molecule has 0 N–H and O–H groups in total. The lowest BCUT2D eigenvalue weighted by atomic mass is 10.1. The van der Waals surface area contributed by atoms with Gasteiger partial charge in [0.05, 0.1) is 11.5 Å². The normalized spacial score (nSPS) is 13.1. The molecule has 1 rings (SSSR count). The fraction of sp³-hybridized carbons (Fsp3) is 0.300. The minimum atomic E-state index is -3.86. The van der Waals surface area contributed by atoms with Gasteiger partial charge in [0.1, 0.15) is 13.0 Å². The second-order valence-corrected chi connectivity index (χ2v) is 5.10. The molecule has 84 valence electrons. The van der Waals surface area contributed by atoms with Crippen LogP contribution in [0.2, 0.25) is 0 Å². The molecule has 0 aliphatic carbocycles. The van der Waals surface area contributed by atoms with E-state index in [1.807, 2.05) is 0 Å². The van der Waals surface area contributed by atoms with Crippen molar-refractivity contribution in [3.05, 3.63) is 30.3 Å². The van der Waals surface area contributed by atoms with Gasteiger partial charge in [0.25, 0.3) is 0 Å². The summed E-state index contributed by atoms with van der Waals surface area (Å²) in [5.41, 5.74) is 0. The Morgan fingerprint density at radius 3 is 2.44 bits per heavy atom. The average Bonchev–Trinajstić information content (AvgIpc) is 2.29. The number of hydrogen-bond acceptors (Lipinski definition) is 4. The summed E-state index contributed by atoms with van der Waals surface area (Å²) in [6, 6.07) is 7.56. The highest BCUT2D eigenvalue weighted by Gasteiger charge is 2.29. The molecule has 1 atom stereocenters. The molecule has 0 bridgehead atoms. The highest BCUT2D eigenvalue weighted by atomic mass is 32.2. The minimum absolute atomic E-state index is 0.00977. The van der Waals surface area contributed by atoms with Crippen LogP contribution < -0.4 is 0 Å². The molecule has 1 aromatic carbocycles. The molecule has 16 heavy (non-hydrogen) atoms. The number of rotatable bonds is 4. The zero-order chi connectivity index (χ0) is 12.2. The van der Waals surface area contributed by atoms with Gasteiger partial charge in [0, 0.05) is 0 Å². The molecular formula is C10H11BO4S. The van der Waals surface area contributed by atoms with Gasteiger partial charge in [-0.05, 0) is 19.1 Å². The summed E-state index contributed by atoms with van der Waals surface area (Å²) < 4.78 is 28.2. The first-order valence-corrected chi connectivity index (χ1v) is 6.26. The maximum Gasteiger partial charge on any atom is 0.315 e. The molecule has 0 saturated carbocycles. The third kappa shape index (κ3) is 2.63. The number of benzene rings is 1. The molecule has 2 radical (unpaired) electrons. The van der Waals surface area contributed by atoms with Crippen LogP contribution in [0.1, 0.15) is 6.92 Å². The Kier molecular flexibility index (Phi) is 4.12. The van der Waals surface area contributed by atoms with Crippen molar-refractivity contribution < 1.29 is 17.9 Å². The van der Waals surface area contributed by atoms with Crippen molar-refractivity contribution in [1.82, 2.24) is 0 Å².